The number of hydrogen-bond acceptors (Lipinski definition) is 6. The molecule has 1 aliphatic carbocycles. The average Bonchev–Trinajstić information content (AvgIpc) is 3.21. The number of halogens is 4. The summed E-state index contributed by atoms with van der Waals surface area (Å²) in [5, 5.41) is 23.4. The lowest BCUT2D eigenvalue weighted by Gasteiger charge is -2.32. The van der Waals surface area contributed by atoms with Gasteiger partial charge in [-0.3, -0.25) is 9.78 Å². The minimum atomic E-state index is -4.73. The molecule has 7 nitrogen and oxygen atoms in total. The van der Waals surface area contributed by atoms with Crippen LogP contribution >= 0.6 is 0 Å². The van der Waals surface area contributed by atoms with E-state index in [0.29, 0.717) is 49.2 Å². The quantitative estimate of drug-likeness (QED) is 0.426. The number of aromatic nitrogens is 4. The molecular weight excluding hydrogens is 466 g/mol. The monoisotopic (exact) mass is 487 g/mol. The summed E-state index contributed by atoms with van der Waals surface area (Å²) in [6, 6.07) is 6.08. The molecule has 1 aliphatic rings. The topological polar surface area (TPSA) is 105 Å². The van der Waals surface area contributed by atoms with Gasteiger partial charge in [0.05, 0.1) is 46.3 Å². The molecule has 1 N–H and O–H groups in total. The van der Waals surface area contributed by atoms with E-state index in [1.165, 1.54) is 19.3 Å². The Morgan fingerprint density at radius 2 is 1.94 bits per heavy atom. The normalized spacial score (nSPS) is 20.4. The Kier molecular flexibility index (Phi) is 6.42. The number of alkyl halides is 3. The van der Waals surface area contributed by atoms with Gasteiger partial charge < -0.3 is 5.11 Å². The first-order chi connectivity index (χ1) is 16.5. The lowest BCUT2D eigenvalue weighted by atomic mass is 9.72. The summed E-state index contributed by atoms with van der Waals surface area (Å²) in [6.07, 6.45) is 0.109. The lowest BCUT2D eigenvalue weighted by molar-refractivity contribution is -0.138. The molecule has 0 aliphatic heterocycles. The zero-order valence-electron chi connectivity index (χ0n) is 18.7. The van der Waals surface area contributed by atoms with Crippen LogP contribution in [0.2, 0.25) is 0 Å². The Morgan fingerprint density at radius 1 is 1.23 bits per heavy atom. The summed E-state index contributed by atoms with van der Waals surface area (Å²) in [5.74, 6) is -2.00. The standard InChI is InChI=1S/C24H21F4N5O2/c1-14-18(12-32-33(14)22-19(25)9-16(11-31-22)24(26,27)28)20(35)8-15-2-3-21(30-10-15)23(13-29)6-4-17(34)5-7-23/h2-3,9-12,17,34H,4-8H2,1H3. The van der Waals surface area contributed by atoms with E-state index >= 15 is 0 Å². The van der Waals surface area contributed by atoms with Crippen LogP contribution in [0.25, 0.3) is 5.82 Å². The number of Topliss-reactive ketones (excluding diaryl/α,β-unsaturated/α-hetero) is 1. The van der Waals surface area contributed by atoms with Crippen molar-refractivity contribution in [3.05, 3.63) is 70.7 Å². The summed E-state index contributed by atoms with van der Waals surface area (Å²) in [6.45, 7) is 1.49. The first-order valence-electron chi connectivity index (χ1n) is 10.9. The molecule has 3 heterocycles. The van der Waals surface area contributed by atoms with Gasteiger partial charge in [0.1, 0.15) is 0 Å². The molecule has 0 spiro atoms. The highest BCUT2D eigenvalue weighted by atomic mass is 19.4. The Hall–Kier alpha value is -3.65. The highest BCUT2D eigenvalue weighted by Crippen LogP contribution is 2.38. The number of aliphatic hydroxyl groups excluding tert-OH is 1. The Bertz CT molecular complexity index is 1290. The number of aliphatic hydroxyl groups is 1. The van der Waals surface area contributed by atoms with Crippen LogP contribution in [0.3, 0.4) is 0 Å². The molecule has 0 unspecified atom stereocenters. The second-order valence-corrected chi connectivity index (χ2v) is 8.66. The maximum Gasteiger partial charge on any atom is 0.417 e. The molecule has 0 amide bonds. The fourth-order valence-corrected chi connectivity index (χ4v) is 4.25. The van der Waals surface area contributed by atoms with Crippen LogP contribution in [0.5, 0.6) is 0 Å². The summed E-state index contributed by atoms with van der Waals surface area (Å²) in [5.41, 5.74) is -0.402. The predicted octanol–water partition coefficient (Wildman–Crippen LogP) is 4.25. The van der Waals surface area contributed by atoms with Crippen LogP contribution in [0.15, 0.2) is 36.8 Å². The molecular formula is C24H21F4N5O2. The van der Waals surface area contributed by atoms with Gasteiger partial charge in [0, 0.05) is 18.8 Å². The Morgan fingerprint density at radius 3 is 2.51 bits per heavy atom. The minimum absolute atomic E-state index is 0.0407. The summed E-state index contributed by atoms with van der Waals surface area (Å²) < 4.78 is 53.7. The van der Waals surface area contributed by atoms with Gasteiger partial charge in [0.15, 0.2) is 17.4 Å². The number of nitrogens with zero attached hydrogens (tertiary/aromatic N) is 5. The molecule has 0 atom stereocenters. The molecule has 35 heavy (non-hydrogen) atoms. The summed E-state index contributed by atoms with van der Waals surface area (Å²) in [7, 11) is 0. The summed E-state index contributed by atoms with van der Waals surface area (Å²) in [4.78, 5) is 20.8. The third-order valence-corrected chi connectivity index (χ3v) is 6.36. The highest BCUT2D eigenvalue weighted by Gasteiger charge is 2.38. The zero-order valence-corrected chi connectivity index (χ0v) is 18.7. The summed E-state index contributed by atoms with van der Waals surface area (Å²) >= 11 is 0. The highest BCUT2D eigenvalue weighted by molar-refractivity contribution is 5.98. The number of pyridine rings is 2. The molecule has 0 radical (unpaired) electrons. The van der Waals surface area contributed by atoms with Crippen molar-refractivity contribution in [1.29, 1.82) is 5.26 Å². The second-order valence-electron chi connectivity index (χ2n) is 8.66. The average molecular weight is 487 g/mol. The van der Waals surface area contributed by atoms with Gasteiger partial charge in [-0.05, 0) is 50.3 Å². The molecule has 3 aromatic rings. The van der Waals surface area contributed by atoms with Gasteiger partial charge in [-0.25, -0.2) is 14.1 Å². The van der Waals surface area contributed by atoms with Crippen LogP contribution in [0.4, 0.5) is 17.6 Å². The van der Waals surface area contributed by atoms with E-state index < -0.39 is 34.9 Å². The third-order valence-electron chi connectivity index (χ3n) is 6.36. The van der Waals surface area contributed by atoms with Crippen molar-refractivity contribution in [2.24, 2.45) is 0 Å². The van der Waals surface area contributed by atoms with Gasteiger partial charge in [-0.15, -0.1) is 0 Å². The molecule has 1 saturated carbocycles. The van der Waals surface area contributed by atoms with Crippen molar-refractivity contribution in [2.45, 2.75) is 56.7 Å². The maximum atomic E-state index is 14.3. The smallest absolute Gasteiger partial charge is 0.393 e. The van der Waals surface area contributed by atoms with Gasteiger partial charge in [0.25, 0.3) is 0 Å². The molecule has 182 valence electrons. The fraction of sp³-hybridized carbons (Fsp3) is 0.375. The molecule has 0 aromatic carbocycles. The molecule has 0 saturated heterocycles. The van der Waals surface area contributed by atoms with Crippen LogP contribution in [-0.4, -0.2) is 36.7 Å². The van der Waals surface area contributed by atoms with Crippen LogP contribution in [0, 0.1) is 24.1 Å². The Balaban J connectivity index is 1.51. The van der Waals surface area contributed by atoms with Gasteiger partial charge in [-0.2, -0.15) is 23.5 Å². The van der Waals surface area contributed by atoms with Crippen molar-refractivity contribution in [3.63, 3.8) is 0 Å². The van der Waals surface area contributed by atoms with Gasteiger partial charge in [-0.1, -0.05) is 6.07 Å². The zero-order chi connectivity index (χ0) is 25.4. The predicted molar refractivity (Wildman–Crippen MR) is 115 cm³/mol. The van der Waals surface area contributed by atoms with Crippen LogP contribution in [0.1, 0.15) is 58.6 Å². The van der Waals surface area contributed by atoms with E-state index in [4.69, 9.17) is 0 Å². The second kappa shape index (κ2) is 9.19. The first-order valence-corrected chi connectivity index (χ1v) is 10.9. The number of rotatable bonds is 5. The van der Waals surface area contributed by atoms with Crippen molar-refractivity contribution < 1.29 is 27.5 Å². The van der Waals surface area contributed by atoms with Crippen LogP contribution in [-0.2, 0) is 18.0 Å². The van der Waals surface area contributed by atoms with Crippen molar-refractivity contribution >= 4 is 5.78 Å². The SMILES string of the molecule is Cc1c(C(=O)Cc2ccc(C3(C#N)CCC(O)CC3)nc2)cnn1-c1ncc(C(F)(F)F)cc1F. The molecule has 0 bridgehead atoms. The number of hydrogen-bond donors (Lipinski definition) is 1. The minimum Gasteiger partial charge on any atom is -0.393 e. The number of nitriles is 1. The largest absolute Gasteiger partial charge is 0.417 e. The first kappa shape index (κ1) is 24.5. The number of carbonyl (C=O) groups is 1. The van der Waals surface area contributed by atoms with Gasteiger partial charge >= 0.3 is 6.18 Å². The van der Waals surface area contributed by atoms with E-state index in [1.807, 2.05) is 0 Å². The maximum absolute atomic E-state index is 14.3. The molecule has 1 fully saturated rings. The van der Waals surface area contributed by atoms with E-state index in [9.17, 15) is 32.7 Å². The molecule has 3 aromatic heterocycles. The fourth-order valence-electron chi connectivity index (χ4n) is 4.25. The molecule has 4 rings (SSSR count). The Labute approximate surface area is 198 Å². The third kappa shape index (κ3) is 4.79. The van der Waals surface area contributed by atoms with E-state index in [-0.39, 0.29) is 23.5 Å². The lowest BCUT2D eigenvalue weighted by Crippen LogP contribution is -2.33. The molecule has 11 heteroatoms. The van der Waals surface area contributed by atoms with Crippen molar-refractivity contribution in [2.75, 3.05) is 0 Å². The number of ketones is 1. The van der Waals surface area contributed by atoms with E-state index in [1.54, 1.807) is 12.1 Å². The van der Waals surface area contributed by atoms with Gasteiger partial charge in [0.2, 0.25) is 0 Å². The number of carbonyl (C=O) groups excluding carboxylic acids is 1. The van der Waals surface area contributed by atoms with E-state index in [2.05, 4.69) is 21.1 Å². The van der Waals surface area contributed by atoms with E-state index in [0.717, 1.165) is 4.68 Å². The van der Waals surface area contributed by atoms with Crippen molar-refractivity contribution in [1.82, 2.24) is 19.7 Å². The van der Waals surface area contributed by atoms with Crippen molar-refractivity contribution in [3.8, 4) is 11.9 Å². The van der Waals surface area contributed by atoms with Crippen LogP contribution < -0.4 is 0 Å².